The number of rotatable bonds is 11. The minimum atomic E-state index is -4.15. The standard InChI is InChI=1S/C34H35ClIN3O4S/c1-34(2,3)37-33(41)31(22-25-11-6-4-7-12-25)38(23-26-13-10-14-27(35)21-26)32(40)24-39(29-19-17-28(36)18-20-29)44(42,43)30-15-8-5-9-16-30/h4-21,31H,22-24H2,1-3H3,(H,37,41)/t31-/m0/s1. The summed E-state index contributed by atoms with van der Waals surface area (Å²) in [7, 11) is -4.15. The third-order valence-electron chi connectivity index (χ3n) is 6.74. The van der Waals surface area contributed by atoms with Crippen LogP contribution >= 0.6 is 34.2 Å². The van der Waals surface area contributed by atoms with Crippen LogP contribution in [0.4, 0.5) is 5.69 Å². The summed E-state index contributed by atoms with van der Waals surface area (Å²) < 4.78 is 30.1. The number of carbonyl (C=O) groups excluding carboxylic acids is 2. The van der Waals surface area contributed by atoms with Gasteiger partial charge in [0.1, 0.15) is 12.6 Å². The average Bonchev–Trinajstić information content (AvgIpc) is 2.98. The van der Waals surface area contributed by atoms with Crippen molar-refractivity contribution in [3.8, 4) is 0 Å². The Labute approximate surface area is 278 Å². The number of nitrogens with one attached hydrogen (secondary N) is 1. The molecule has 0 fully saturated rings. The lowest BCUT2D eigenvalue weighted by atomic mass is 10.0. The molecular weight excluding hydrogens is 709 g/mol. The Morgan fingerprint density at radius 2 is 1.43 bits per heavy atom. The zero-order valence-electron chi connectivity index (χ0n) is 24.8. The van der Waals surface area contributed by atoms with E-state index in [9.17, 15) is 18.0 Å². The van der Waals surface area contributed by atoms with Gasteiger partial charge < -0.3 is 10.2 Å². The molecule has 0 aliphatic carbocycles. The van der Waals surface area contributed by atoms with Gasteiger partial charge in [0.2, 0.25) is 11.8 Å². The first-order chi connectivity index (χ1) is 20.8. The zero-order chi connectivity index (χ0) is 31.9. The first-order valence-electron chi connectivity index (χ1n) is 14.1. The lowest BCUT2D eigenvalue weighted by molar-refractivity contribution is -0.140. The van der Waals surface area contributed by atoms with Crippen LogP contribution in [-0.2, 0) is 32.6 Å². The number of hydrogen-bond acceptors (Lipinski definition) is 4. The molecule has 7 nitrogen and oxygen atoms in total. The largest absolute Gasteiger partial charge is 0.350 e. The minimum Gasteiger partial charge on any atom is -0.350 e. The van der Waals surface area contributed by atoms with Crippen LogP contribution in [0, 0.1) is 3.57 Å². The van der Waals surface area contributed by atoms with Crippen molar-refractivity contribution < 1.29 is 18.0 Å². The minimum absolute atomic E-state index is 0.0420. The van der Waals surface area contributed by atoms with E-state index in [0.717, 1.165) is 13.4 Å². The summed E-state index contributed by atoms with van der Waals surface area (Å²) in [5.74, 6) is -0.878. The van der Waals surface area contributed by atoms with E-state index in [1.54, 1.807) is 60.7 Å². The Morgan fingerprint density at radius 1 is 0.841 bits per heavy atom. The van der Waals surface area contributed by atoms with Crippen LogP contribution in [0.3, 0.4) is 0 Å². The van der Waals surface area contributed by atoms with Crippen LogP contribution in [0.5, 0.6) is 0 Å². The van der Waals surface area contributed by atoms with Crippen molar-refractivity contribution in [2.45, 2.75) is 50.2 Å². The smallest absolute Gasteiger partial charge is 0.264 e. The predicted octanol–water partition coefficient (Wildman–Crippen LogP) is 6.69. The number of anilines is 1. The van der Waals surface area contributed by atoms with E-state index in [-0.39, 0.29) is 23.8 Å². The van der Waals surface area contributed by atoms with Gasteiger partial charge in [-0.2, -0.15) is 0 Å². The van der Waals surface area contributed by atoms with E-state index >= 15 is 0 Å². The highest BCUT2D eigenvalue weighted by Gasteiger charge is 2.35. The SMILES string of the molecule is CC(C)(C)NC(=O)[C@H](Cc1ccccc1)N(Cc1cccc(Cl)c1)C(=O)CN(c1ccc(I)cc1)S(=O)(=O)c1ccccc1. The van der Waals surface area contributed by atoms with Crippen molar-refractivity contribution in [1.82, 2.24) is 10.2 Å². The number of halogens is 2. The number of nitrogens with zero attached hydrogens (tertiary/aromatic N) is 2. The average molecular weight is 744 g/mol. The van der Waals surface area contributed by atoms with Crippen LogP contribution in [0.1, 0.15) is 31.9 Å². The van der Waals surface area contributed by atoms with E-state index in [4.69, 9.17) is 11.6 Å². The van der Waals surface area contributed by atoms with E-state index in [2.05, 4.69) is 27.9 Å². The van der Waals surface area contributed by atoms with Crippen molar-refractivity contribution in [1.29, 1.82) is 0 Å². The molecule has 1 N–H and O–H groups in total. The molecule has 4 rings (SSSR count). The fourth-order valence-corrected chi connectivity index (χ4v) is 6.70. The normalized spacial score (nSPS) is 12.3. The number of hydrogen-bond donors (Lipinski definition) is 1. The van der Waals surface area contributed by atoms with Crippen LogP contribution in [0.2, 0.25) is 5.02 Å². The van der Waals surface area contributed by atoms with Gasteiger partial charge in [0.05, 0.1) is 10.6 Å². The third-order valence-corrected chi connectivity index (χ3v) is 9.48. The third kappa shape index (κ3) is 9.06. The first kappa shape index (κ1) is 33.5. The molecule has 0 aromatic heterocycles. The molecule has 0 bridgehead atoms. The Kier molecular flexibility index (Phi) is 11.1. The molecule has 1 atom stereocenters. The molecule has 4 aromatic carbocycles. The second-order valence-corrected chi connectivity index (χ2v) is 14.9. The molecule has 0 heterocycles. The van der Waals surface area contributed by atoms with Gasteiger partial charge >= 0.3 is 0 Å². The Bertz CT molecular complexity index is 1680. The van der Waals surface area contributed by atoms with Gasteiger partial charge in [-0.3, -0.25) is 13.9 Å². The summed E-state index contributed by atoms with van der Waals surface area (Å²) in [5, 5.41) is 3.51. The van der Waals surface area contributed by atoms with Gasteiger partial charge in [-0.25, -0.2) is 8.42 Å². The van der Waals surface area contributed by atoms with E-state index in [1.165, 1.54) is 17.0 Å². The maximum absolute atomic E-state index is 14.5. The van der Waals surface area contributed by atoms with Gasteiger partial charge in [-0.05, 0) is 103 Å². The highest BCUT2D eigenvalue weighted by molar-refractivity contribution is 14.1. The van der Waals surface area contributed by atoms with Crippen molar-refractivity contribution >= 4 is 61.7 Å². The van der Waals surface area contributed by atoms with Crippen LogP contribution in [0.15, 0.2) is 114 Å². The summed E-state index contributed by atoms with van der Waals surface area (Å²) in [6.45, 7) is 5.14. The molecular formula is C34H35ClIN3O4S. The first-order valence-corrected chi connectivity index (χ1v) is 17.0. The zero-order valence-corrected chi connectivity index (χ0v) is 28.5. The van der Waals surface area contributed by atoms with Gasteiger partial charge in [0.25, 0.3) is 10.0 Å². The highest BCUT2D eigenvalue weighted by Crippen LogP contribution is 2.26. The van der Waals surface area contributed by atoms with Crippen LogP contribution < -0.4 is 9.62 Å². The predicted molar refractivity (Wildman–Crippen MR) is 184 cm³/mol. The molecule has 0 aliphatic rings. The van der Waals surface area contributed by atoms with Crippen LogP contribution in [0.25, 0.3) is 0 Å². The number of amides is 2. The fourth-order valence-electron chi connectivity index (χ4n) is 4.69. The maximum atomic E-state index is 14.5. The van der Waals surface area contributed by atoms with Gasteiger partial charge in [0.15, 0.2) is 0 Å². The number of sulfonamides is 1. The lowest BCUT2D eigenvalue weighted by Gasteiger charge is -2.35. The monoisotopic (exact) mass is 743 g/mol. The van der Waals surface area contributed by atoms with Crippen molar-refractivity contribution in [2.24, 2.45) is 0 Å². The molecule has 0 radical (unpaired) electrons. The Hall–Kier alpha value is -3.41. The summed E-state index contributed by atoms with van der Waals surface area (Å²) >= 11 is 8.44. The van der Waals surface area contributed by atoms with Gasteiger partial charge in [-0.15, -0.1) is 0 Å². The molecule has 0 saturated carbocycles. The maximum Gasteiger partial charge on any atom is 0.264 e. The molecule has 4 aromatic rings. The van der Waals surface area contributed by atoms with E-state index < -0.39 is 34.1 Å². The van der Waals surface area contributed by atoms with Crippen molar-refractivity contribution in [2.75, 3.05) is 10.8 Å². The number of benzene rings is 4. The Balaban J connectivity index is 1.81. The molecule has 10 heteroatoms. The molecule has 0 aliphatic heterocycles. The molecule has 230 valence electrons. The summed E-state index contributed by atoms with van der Waals surface area (Å²) in [6, 6.07) is 30.5. The molecule has 2 amide bonds. The number of carbonyl (C=O) groups is 2. The second-order valence-electron chi connectivity index (χ2n) is 11.4. The second kappa shape index (κ2) is 14.6. The van der Waals surface area contributed by atoms with Gasteiger partial charge in [-0.1, -0.05) is 72.3 Å². The topological polar surface area (TPSA) is 86.8 Å². The lowest BCUT2D eigenvalue weighted by Crippen LogP contribution is -2.56. The molecule has 0 spiro atoms. The molecule has 0 saturated heterocycles. The summed E-state index contributed by atoms with van der Waals surface area (Å²) in [5.41, 5.74) is 1.33. The molecule has 44 heavy (non-hydrogen) atoms. The Morgan fingerprint density at radius 3 is 2.02 bits per heavy atom. The fraction of sp³-hybridized carbons (Fsp3) is 0.235. The van der Waals surface area contributed by atoms with Gasteiger partial charge in [0, 0.05) is 27.1 Å². The van der Waals surface area contributed by atoms with E-state index in [0.29, 0.717) is 16.3 Å². The van der Waals surface area contributed by atoms with Crippen LogP contribution in [-0.4, -0.2) is 43.3 Å². The summed E-state index contributed by atoms with van der Waals surface area (Å²) in [4.78, 5) is 29.9. The quantitative estimate of drug-likeness (QED) is 0.174. The van der Waals surface area contributed by atoms with Crippen molar-refractivity contribution in [3.63, 3.8) is 0 Å². The van der Waals surface area contributed by atoms with Crippen molar-refractivity contribution in [3.05, 3.63) is 129 Å². The van der Waals surface area contributed by atoms with E-state index in [1.807, 2.05) is 57.2 Å². The molecule has 0 unspecified atom stereocenters. The highest BCUT2D eigenvalue weighted by atomic mass is 127. The summed E-state index contributed by atoms with van der Waals surface area (Å²) in [6.07, 6.45) is 0.226.